The molecule has 2 aromatic rings. The summed E-state index contributed by atoms with van der Waals surface area (Å²) in [6, 6.07) is 2.68. The van der Waals surface area contributed by atoms with Gasteiger partial charge in [0, 0.05) is 20.2 Å². The number of carbonyl (C=O) groups excluding carboxylic acids is 1. The first kappa shape index (κ1) is 20.9. The molecule has 1 atom stereocenters. The molecule has 0 spiro atoms. The fraction of sp³-hybridized carbons (Fsp3) is 0.333. The maximum atomic E-state index is 11.9. The number of hydrogen-bond donors (Lipinski definition) is 2. The molecular formula is C18H21N3O7. The standard InChI is InChI=1S/C18H21N3O7/c1-10(9-22)27-11-5-12(18(24)25)16(26-4)14(6-11)28-15-8-19-13(7-20-15)17(23)21(2)3/h5-8,10,22H,9H2,1-4H3,(H,24,25)/t10-/m0/s1. The summed E-state index contributed by atoms with van der Waals surface area (Å²) in [5.41, 5.74) is -0.0584. The Kier molecular flexibility index (Phi) is 6.72. The summed E-state index contributed by atoms with van der Waals surface area (Å²) in [4.78, 5) is 32.8. The van der Waals surface area contributed by atoms with E-state index in [1.54, 1.807) is 21.0 Å². The molecule has 1 aromatic heterocycles. The van der Waals surface area contributed by atoms with Crippen LogP contribution < -0.4 is 14.2 Å². The Morgan fingerprint density at radius 3 is 2.43 bits per heavy atom. The summed E-state index contributed by atoms with van der Waals surface area (Å²) < 4.78 is 16.3. The number of carbonyl (C=O) groups is 2. The summed E-state index contributed by atoms with van der Waals surface area (Å²) >= 11 is 0. The number of rotatable bonds is 8. The molecule has 1 heterocycles. The molecule has 2 N–H and O–H groups in total. The lowest BCUT2D eigenvalue weighted by Crippen LogP contribution is -2.22. The normalized spacial score (nSPS) is 11.5. The summed E-state index contributed by atoms with van der Waals surface area (Å²) in [6.45, 7) is 1.37. The molecule has 1 amide bonds. The van der Waals surface area contributed by atoms with Gasteiger partial charge in [0.05, 0.1) is 26.1 Å². The number of carboxylic acid groups (broad SMARTS) is 1. The van der Waals surface area contributed by atoms with Crippen molar-refractivity contribution in [3.8, 4) is 23.1 Å². The minimum atomic E-state index is -1.25. The van der Waals surface area contributed by atoms with Crippen LogP contribution >= 0.6 is 0 Å². The van der Waals surface area contributed by atoms with E-state index in [0.29, 0.717) is 0 Å². The third kappa shape index (κ3) is 4.86. The molecule has 10 heteroatoms. The number of aromatic carboxylic acids is 1. The lowest BCUT2D eigenvalue weighted by molar-refractivity contribution is 0.0690. The number of aliphatic hydroxyl groups is 1. The van der Waals surface area contributed by atoms with Crippen molar-refractivity contribution in [2.75, 3.05) is 27.8 Å². The van der Waals surface area contributed by atoms with Crippen LogP contribution in [0.3, 0.4) is 0 Å². The van der Waals surface area contributed by atoms with Crippen molar-refractivity contribution in [1.82, 2.24) is 14.9 Å². The molecule has 0 radical (unpaired) electrons. The molecule has 0 saturated heterocycles. The van der Waals surface area contributed by atoms with Crippen LogP contribution in [0.2, 0.25) is 0 Å². The molecule has 2 rings (SSSR count). The van der Waals surface area contributed by atoms with Crippen molar-refractivity contribution in [1.29, 1.82) is 0 Å². The van der Waals surface area contributed by atoms with Gasteiger partial charge in [-0.05, 0) is 13.0 Å². The van der Waals surface area contributed by atoms with Crippen LogP contribution in [0.5, 0.6) is 23.1 Å². The minimum Gasteiger partial charge on any atom is -0.492 e. The van der Waals surface area contributed by atoms with Crippen molar-refractivity contribution < 1.29 is 34.0 Å². The number of ether oxygens (including phenoxy) is 3. The van der Waals surface area contributed by atoms with Crippen LogP contribution in [-0.4, -0.2) is 70.9 Å². The SMILES string of the molecule is COc1c(Oc2cnc(C(=O)N(C)C)cn2)cc(O[C@@H](C)CO)cc1C(=O)O. The summed E-state index contributed by atoms with van der Waals surface area (Å²) in [5, 5.41) is 18.6. The van der Waals surface area contributed by atoms with Gasteiger partial charge in [0.2, 0.25) is 5.88 Å². The molecule has 10 nitrogen and oxygen atoms in total. The van der Waals surface area contributed by atoms with Gasteiger partial charge in [0.25, 0.3) is 5.91 Å². The van der Waals surface area contributed by atoms with Crippen LogP contribution in [0.15, 0.2) is 24.5 Å². The van der Waals surface area contributed by atoms with Gasteiger partial charge in [-0.2, -0.15) is 0 Å². The molecule has 28 heavy (non-hydrogen) atoms. The number of nitrogens with zero attached hydrogens (tertiary/aromatic N) is 3. The van der Waals surface area contributed by atoms with Gasteiger partial charge in [-0.3, -0.25) is 4.79 Å². The molecular weight excluding hydrogens is 370 g/mol. The number of benzene rings is 1. The van der Waals surface area contributed by atoms with Gasteiger partial charge in [0.15, 0.2) is 11.5 Å². The van der Waals surface area contributed by atoms with Gasteiger partial charge in [-0.1, -0.05) is 0 Å². The smallest absolute Gasteiger partial charge is 0.339 e. The Morgan fingerprint density at radius 2 is 1.93 bits per heavy atom. The van der Waals surface area contributed by atoms with Gasteiger partial charge >= 0.3 is 5.97 Å². The molecule has 0 fully saturated rings. The van der Waals surface area contributed by atoms with E-state index in [4.69, 9.17) is 19.3 Å². The highest BCUT2D eigenvalue weighted by atomic mass is 16.5. The molecule has 0 aliphatic heterocycles. The van der Waals surface area contributed by atoms with E-state index in [-0.39, 0.29) is 46.9 Å². The third-order valence-corrected chi connectivity index (χ3v) is 3.53. The van der Waals surface area contributed by atoms with Crippen molar-refractivity contribution in [3.63, 3.8) is 0 Å². The monoisotopic (exact) mass is 391 g/mol. The largest absolute Gasteiger partial charge is 0.492 e. The number of aliphatic hydroxyl groups excluding tert-OH is 1. The molecule has 150 valence electrons. The zero-order valence-corrected chi connectivity index (χ0v) is 15.9. The van der Waals surface area contributed by atoms with E-state index in [0.717, 1.165) is 0 Å². The van der Waals surface area contributed by atoms with Gasteiger partial charge in [0.1, 0.15) is 23.1 Å². The van der Waals surface area contributed by atoms with E-state index in [1.807, 2.05) is 0 Å². The Bertz CT molecular complexity index is 853. The highest BCUT2D eigenvalue weighted by molar-refractivity contribution is 5.93. The number of hydrogen-bond acceptors (Lipinski definition) is 8. The number of methoxy groups -OCH3 is 1. The zero-order valence-electron chi connectivity index (χ0n) is 15.9. The van der Waals surface area contributed by atoms with E-state index < -0.39 is 12.1 Å². The second kappa shape index (κ2) is 9.00. The van der Waals surface area contributed by atoms with E-state index in [1.165, 1.54) is 36.5 Å². The average molecular weight is 391 g/mol. The molecule has 0 saturated carbocycles. The predicted octanol–water partition coefficient (Wildman–Crippen LogP) is 1.44. The van der Waals surface area contributed by atoms with E-state index in [9.17, 15) is 14.7 Å². The minimum absolute atomic E-state index is 0.0253. The van der Waals surface area contributed by atoms with Crippen molar-refractivity contribution in [3.05, 3.63) is 35.8 Å². The Morgan fingerprint density at radius 1 is 1.21 bits per heavy atom. The predicted molar refractivity (Wildman–Crippen MR) is 97.3 cm³/mol. The fourth-order valence-electron chi connectivity index (χ4n) is 2.18. The Hall–Kier alpha value is -3.40. The molecule has 1 aromatic carbocycles. The zero-order chi connectivity index (χ0) is 20.8. The lowest BCUT2D eigenvalue weighted by atomic mass is 10.1. The maximum absolute atomic E-state index is 11.9. The number of carboxylic acids is 1. The number of aromatic nitrogens is 2. The van der Waals surface area contributed by atoms with E-state index >= 15 is 0 Å². The lowest BCUT2D eigenvalue weighted by Gasteiger charge is -2.17. The summed E-state index contributed by atoms with van der Waals surface area (Å²) in [7, 11) is 4.48. The third-order valence-electron chi connectivity index (χ3n) is 3.53. The quantitative estimate of drug-likeness (QED) is 0.686. The van der Waals surface area contributed by atoms with Crippen LogP contribution in [0, 0.1) is 0 Å². The van der Waals surface area contributed by atoms with Crippen LogP contribution in [0.4, 0.5) is 0 Å². The highest BCUT2D eigenvalue weighted by Gasteiger charge is 2.21. The molecule has 0 unspecified atom stereocenters. The Labute approximate surface area is 161 Å². The van der Waals surface area contributed by atoms with Gasteiger partial charge in [-0.25, -0.2) is 14.8 Å². The van der Waals surface area contributed by atoms with Crippen LogP contribution in [-0.2, 0) is 0 Å². The highest BCUT2D eigenvalue weighted by Crippen LogP contribution is 2.38. The first-order valence-electron chi connectivity index (χ1n) is 8.21. The topological polar surface area (TPSA) is 131 Å². The fourth-order valence-corrected chi connectivity index (χ4v) is 2.18. The Balaban J connectivity index is 2.39. The van der Waals surface area contributed by atoms with Crippen molar-refractivity contribution in [2.45, 2.75) is 13.0 Å². The average Bonchev–Trinajstić information content (AvgIpc) is 2.67. The number of amides is 1. The van der Waals surface area contributed by atoms with Crippen molar-refractivity contribution in [2.24, 2.45) is 0 Å². The summed E-state index contributed by atoms with van der Waals surface area (Å²) in [6.07, 6.45) is 1.93. The first-order valence-corrected chi connectivity index (χ1v) is 8.21. The molecule has 0 bridgehead atoms. The van der Waals surface area contributed by atoms with Gasteiger partial charge < -0.3 is 29.3 Å². The van der Waals surface area contributed by atoms with E-state index in [2.05, 4.69) is 9.97 Å². The van der Waals surface area contributed by atoms with Crippen molar-refractivity contribution >= 4 is 11.9 Å². The molecule has 0 aliphatic carbocycles. The maximum Gasteiger partial charge on any atom is 0.339 e. The first-order chi connectivity index (χ1) is 13.3. The second-order valence-corrected chi connectivity index (χ2v) is 5.96. The summed E-state index contributed by atoms with van der Waals surface area (Å²) in [5.74, 6) is -1.38. The van der Waals surface area contributed by atoms with Crippen LogP contribution in [0.25, 0.3) is 0 Å². The molecule has 0 aliphatic rings. The van der Waals surface area contributed by atoms with Gasteiger partial charge in [-0.15, -0.1) is 0 Å². The van der Waals surface area contributed by atoms with Crippen LogP contribution in [0.1, 0.15) is 27.8 Å². The second-order valence-electron chi connectivity index (χ2n) is 5.96.